The minimum Gasteiger partial charge on any atom is -0.508 e. The number of benzene rings is 3. The number of hydrogen-bond acceptors (Lipinski definition) is 10. The van der Waals surface area contributed by atoms with Crippen molar-refractivity contribution in [1.82, 2.24) is 4.57 Å². The molecule has 3 aromatic carbocycles. The molecule has 224 valence electrons. The quantitative estimate of drug-likeness (QED) is 0.133. The van der Waals surface area contributed by atoms with Crippen LogP contribution in [-0.4, -0.2) is 51.7 Å². The second kappa shape index (κ2) is 11.3. The molecule has 2 N–H and O–H groups in total. The third-order valence-electron chi connectivity index (χ3n) is 7.59. The van der Waals surface area contributed by atoms with Gasteiger partial charge in [-0.1, -0.05) is 35.2 Å². The zero-order valence-electron chi connectivity index (χ0n) is 23.4. The van der Waals surface area contributed by atoms with Crippen molar-refractivity contribution in [2.75, 3.05) is 29.2 Å². The Hall–Kier alpha value is -4.95. The Morgan fingerprint density at radius 2 is 1.64 bits per heavy atom. The van der Waals surface area contributed by atoms with Crippen LogP contribution in [0.5, 0.6) is 5.75 Å². The smallest absolute Gasteiger partial charge is 0.308 e. The minimum atomic E-state index is -0.899. The van der Waals surface area contributed by atoms with Gasteiger partial charge in [-0.3, -0.25) is 33.9 Å². The maximum atomic E-state index is 14.0. The van der Waals surface area contributed by atoms with Crippen LogP contribution < -0.4 is 20.0 Å². The van der Waals surface area contributed by atoms with Crippen LogP contribution in [0.3, 0.4) is 0 Å². The molecule has 0 spiro atoms. The fourth-order valence-electron chi connectivity index (χ4n) is 5.46. The Balaban J connectivity index is 1.40. The number of anilines is 3. The summed E-state index contributed by atoms with van der Waals surface area (Å²) in [6.07, 6.45) is 0. The first-order chi connectivity index (χ1) is 21.0. The molecule has 1 saturated heterocycles. The van der Waals surface area contributed by atoms with E-state index in [1.165, 1.54) is 53.1 Å². The Morgan fingerprint density at radius 3 is 2.25 bits per heavy atom. The van der Waals surface area contributed by atoms with Gasteiger partial charge in [-0.15, -0.1) is 0 Å². The van der Waals surface area contributed by atoms with Crippen LogP contribution in [0.4, 0.5) is 22.7 Å². The van der Waals surface area contributed by atoms with E-state index in [1.807, 2.05) is 43.3 Å². The number of hydrogen-bond donors (Lipinski definition) is 2. The monoisotopic (exact) mass is 631 g/mol. The normalized spacial score (nSPS) is 19.0. The van der Waals surface area contributed by atoms with Gasteiger partial charge in [-0.05, 0) is 54.1 Å². The number of thioether (sulfide) groups is 1. The molecular weight excluding hydrogens is 606 g/mol. The number of non-ortho nitro benzene ring substituents is 1. The predicted molar refractivity (Wildman–Crippen MR) is 167 cm³/mol. The summed E-state index contributed by atoms with van der Waals surface area (Å²) in [5.74, 6) is -2.90. The van der Waals surface area contributed by atoms with Crippen molar-refractivity contribution in [3.05, 3.63) is 103 Å². The first-order valence-corrected chi connectivity index (χ1v) is 15.1. The lowest BCUT2D eigenvalue weighted by atomic mass is 9.83. The first kappa shape index (κ1) is 29.1. The molecule has 3 heterocycles. The van der Waals surface area contributed by atoms with Crippen LogP contribution in [0.25, 0.3) is 0 Å². The molecule has 4 aromatic rings. The van der Waals surface area contributed by atoms with Crippen LogP contribution in [0.2, 0.25) is 0 Å². The van der Waals surface area contributed by atoms with Crippen LogP contribution in [-0.2, 0) is 20.9 Å². The van der Waals surface area contributed by atoms with Crippen molar-refractivity contribution in [3.63, 3.8) is 0 Å². The molecule has 6 rings (SSSR count). The summed E-state index contributed by atoms with van der Waals surface area (Å²) in [4.78, 5) is 68.0. The van der Waals surface area contributed by atoms with Gasteiger partial charge in [0.1, 0.15) is 17.5 Å². The molecular formula is C30H25N5O7S2. The number of phenolic OH excluding ortho intramolecular Hbond substituents is 1. The van der Waals surface area contributed by atoms with Crippen molar-refractivity contribution in [2.45, 2.75) is 22.7 Å². The molecule has 44 heavy (non-hydrogen) atoms. The molecule has 1 fully saturated rings. The molecule has 0 saturated carbocycles. The molecule has 0 bridgehead atoms. The van der Waals surface area contributed by atoms with E-state index in [-0.39, 0.29) is 23.7 Å². The van der Waals surface area contributed by atoms with E-state index in [2.05, 4.69) is 5.32 Å². The standard InChI is InChI=1S/C30H25N5O7S2/c1-32(2)18-7-3-16(4-8-18)23-24-25(28(39)34(27(24)38)19-9-11-20(12-10-19)35(41)42)43-29-26(23)44-30(40)33(29)15-22(37)31-17-5-13-21(36)14-6-17/h3-14,23-25,36H,15H2,1-2H3,(H,31,37)/t23-,24?,25?/m1/s1. The number of aromatic nitrogens is 1. The minimum absolute atomic E-state index is 0.0419. The van der Waals surface area contributed by atoms with E-state index < -0.39 is 44.6 Å². The van der Waals surface area contributed by atoms with Gasteiger partial charge in [0.25, 0.3) is 5.69 Å². The van der Waals surface area contributed by atoms with E-state index in [4.69, 9.17) is 0 Å². The zero-order chi connectivity index (χ0) is 31.3. The highest BCUT2D eigenvalue weighted by atomic mass is 32.2. The molecule has 2 aliphatic heterocycles. The number of rotatable bonds is 7. The third-order valence-corrected chi connectivity index (χ3v) is 10.2. The summed E-state index contributed by atoms with van der Waals surface area (Å²) in [5, 5.41) is 22.9. The number of nitro groups is 1. The molecule has 14 heteroatoms. The summed E-state index contributed by atoms with van der Waals surface area (Å²) >= 11 is 2.02. The largest absolute Gasteiger partial charge is 0.508 e. The number of phenols is 1. The van der Waals surface area contributed by atoms with Crippen molar-refractivity contribution in [2.24, 2.45) is 5.92 Å². The maximum Gasteiger partial charge on any atom is 0.308 e. The molecule has 1 aromatic heterocycles. The van der Waals surface area contributed by atoms with Gasteiger partial charge in [0.2, 0.25) is 17.7 Å². The number of thiazole rings is 1. The molecule has 0 aliphatic carbocycles. The van der Waals surface area contributed by atoms with Gasteiger partial charge in [0, 0.05) is 48.4 Å². The topological polar surface area (TPSA) is 155 Å². The molecule has 12 nitrogen and oxygen atoms in total. The molecule has 3 amide bonds. The third kappa shape index (κ3) is 5.11. The maximum absolute atomic E-state index is 14.0. The average molecular weight is 632 g/mol. The highest BCUT2D eigenvalue weighted by Gasteiger charge is 2.56. The van der Waals surface area contributed by atoms with E-state index in [0.717, 1.165) is 39.2 Å². The van der Waals surface area contributed by atoms with Gasteiger partial charge in [-0.2, -0.15) is 0 Å². The van der Waals surface area contributed by atoms with E-state index in [0.29, 0.717) is 15.6 Å². The van der Waals surface area contributed by atoms with E-state index in [1.54, 1.807) is 0 Å². The van der Waals surface area contributed by atoms with Gasteiger partial charge >= 0.3 is 4.87 Å². The summed E-state index contributed by atoms with van der Waals surface area (Å²) < 4.78 is 1.32. The Labute approximate surface area is 258 Å². The number of nitrogens with one attached hydrogen (secondary N) is 1. The lowest BCUT2D eigenvalue weighted by molar-refractivity contribution is -0.384. The highest BCUT2D eigenvalue weighted by molar-refractivity contribution is 8.00. The number of amides is 3. The van der Waals surface area contributed by atoms with Crippen LogP contribution in [0.1, 0.15) is 16.4 Å². The second-order valence-corrected chi connectivity index (χ2v) is 12.7. The summed E-state index contributed by atoms with van der Waals surface area (Å²) in [5.41, 5.74) is 2.15. The number of carbonyl (C=O) groups is 3. The number of nitrogens with zero attached hydrogens (tertiary/aromatic N) is 4. The average Bonchev–Trinajstić information content (AvgIpc) is 3.44. The zero-order valence-corrected chi connectivity index (χ0v) is 25.0. The Morgan fingerprint density at radius 1 is 0.977 bits per heavy atom. The van der Waals surface area contributed by atoms with Crippen LogP contribution >= 0.6 is 23.1 Å². The predicted octanol–water partition coefficient (Wildman–Crippen LogP) is 4.02. The fourth-order valence-corrected chi connectivity index (χ4v) is 8.23. The number of nitro benzene ring substituents is 1. The van der Waals surface area contributed by atoms with E-state index in [9.17, 15) is 34.4 Å². The van der Waals surface area contributed by atoms with Crippen molar-refractivity contribution < 1.29 is 24.4 Å². The van der Waals surface area contributed by atoms with Crippen molar-refractivity contribution in [3.8, 4) is 5.75 Å². The van der Waals surface area contributed by atoms with Gasteiger partial charge < -0.3 is 15.3 Å². The fraction of sp³-hybridized carbons (Fsp3) is 0.200. The van der Waals surface area contributed by atoms with Crippen molar-refractivity contribution >= 4 is 63.6 Å². The number of imide groups is 1. The van der Waals surface area contributed by atoms with Gasteiger partial charge in [0.05, 0.1) is 21.6 Å². The lowest BCUT2D eigenvalue weighted by Gasteiger charge is -2.31. The number of carbonyl (C=O) groups excluding carboxylic acids is 3. The molecule has 3 atom stereocenters. The van der Waals surface area contributed by atoms with Crippen molar-refractivity contribution in [1.29, 1.82) is 0 Å². The SMILES string of the molecule is CN(C)c1ccc([C@H]2c3sc(=O)n(CC(=O)Nc4ccc(O)cc4)c3SC3C(=O)N(c4ccc([N+](=O)[O-])cc4)C(=O)C32)cc1. The molecule has 0 radical (unpaired) electrons. The van der Waals surface area contributed by atoms with E-state index >= 15 is 0 Å². The molecule has 2 aliphatic rings. The summed E-state index contributed by atoms with van der Waals surface area (Å²) in [6.45, 7) is -0.323. The highest BCUT2D eigenvalue weighted by Crippen LogP contribution is 2.54. The second-order valence-electron chi connectivity index (χ2n) is 10.5. The van der Waals surface area contributed by atoms with Gasteiger partial charge in [0.15, 0.2) is 0 Å². The van der Waals surface area contributed by atoms with Crippen LogP contribution in [0, 0.1) is 16.0 Å². The first-order valence-electron chi connectivity index (χ1n) is 13.4. The number of fused-ring (bicyclic) bond motifs is 2. The Kier molecular flexibility index (Phi) is 7.47. The van der Waals surface area contributed by atoms with Crippen LogP contribution in [0.15, 0.2) is 82.6 Å². The summed E-state index contributed by atoms with van der Waals surface area (Å²) in [7, 11) is 3.80. The number of aromatic hydroxyl groups is 1. The lowest BCUT2D eigenvalue weighted by Crippen LogP contribution is -2.33. The van der Waals surface area contributed by atoms with Gasteiger partial charge in [-0.25, -0.2) is 4.90 Å². The molecule has 2 unspecified atom stereocenters. The summed E-state index contributed by atoms with van der Waals surface area (Å²) in [6, 6.07) is 18.7. The Bertz CT molecular complexity index is 1850.